The third-order valence-corrected chi connectivity index (χ3v) is 4.98. The highest BCUT2D eigenvalue weighted by molar-refractivity contribution is 7.89. The fourth-order valence-electron chi connectivity index (χ4n) is 1.87. The summed E-state index contributed by atoms with van der Waals surface area (Å²) in [4.78, 5) is 11.9. The Kier molecular flexibility index (Phi) is 5.89. The lowest BCUT2D eigenvalue weighted by Crippen LogP contribution is -2.24. The first kappa shape index (κ1) is 19.0. The average molecular weight is 387 g/mol. The Balaban J connectivity index is 2.30. The van der Waals surface area contributed by atoms with E-state index in [4.69, 9.17) is 11.6 Å². The molecule has 0 heterocycles. The number of anilines is 1. The molecule has 0 saturated heterocycles. The smallest absolute Gasteiger partial charge is 0.255 e. The van der Waals surface area contributed by atoms with Crippen LogP contribution < -0.4 is 10.0 Å². The second-order valence-corrected chi connectivity index (χ2v) is 7.01. The molecular formula is C16H13ClF2N2O3S. The first-order valence-corrected chi connectivity index (χ1v) is 8.77. The summed E-state index contributed by atoms with van der Waals surface area (Å²) in [6.45, 7) is 3.39. The van der Waals surface area contributed by atoms with E-state index in [2.05, 4.69) is 16.6 Å². The lowest BCUT2D eigenvalue weighted by molar-refractivity contribution is 0.102. The number of benzene rings is 2. The van der Waals surface area contributed by atoms with Gasteiger partial charge < -0.3 is 5.32 Å². The minimum atomic E-state index is -3.94. The Hall–Kier alpha value is -2.29. The number of hydrogen-bond acceptors (Lipinski definition) is 3. The summed E-state index contributed by atoms with van der Waals surface area (Å²) >= 11 is 5.89. The maximum Gasteiger partial charge on any atom is 0.255 e. The van der Waals surface area contributed by atoms with Gasteiger partial charge in [0.05, 0.1) is 5.02 Å². The van der Waals surface area contributed by atoms with E-state index < -0.39 is 27.6 Å². The SMILES string of the molecule is C=CCNS(=O)(=O)c1cc(C(=O)Nc2ccc(F)c(F)c2)ccc1Cl. The van der Waals surface area contributed by atoms with Gasteiger partial charge in [-0.2, -0.15) is 0 Å². The van der Waals surface area contributed by atoms with Gasteiger partial charge in [-0.05, 0) is 30.3 Å². The highest BCUT2D eigenvalue weighted by Gasteiger charge is 2.19. The van der Waals surface area contributed by atoms with Gasteiger partial charge in [0.1, 0.15) is 4.90 Å². The van der Waals surface area contributed by atoms with Gasteiger partial charge in [0.2, 0.25) is 10.0 Å². The van der Waals surface area contributed by atoms with Crippen LogP contribution in [-0.4, -0.2) is 20.9 Å². The molecule has 2 aromatic carbocycles. The minimum absolute atomic E-state index is 0.00998. The molecule has 0 atom stereocenters. The highest BCUT2D eigenvalue weighted by atomic mass is 35.5. The van der Waals surface area contributed by atoms with Crippen LogP contribution in [0.1, 0.15) is 10.4 Å². The first-order valence-electron chi connectivity index (χ1n) is 6.91. The van der Waals surface area contributed by atoms with Crippen molar-refractivity contribution in [2.45, 2.75) is 4.90 Å². The van der Waals surface area contributed by atoms with Crippen molar-refractivity contribution in [3.63, 3.8) is 0 Å². The summed E-state index contributed by atoms with van der Waals surface area (Å²) in [5.74, 6) is -2.88. The normalized spacial score (nSPS) is 11.2. The molecule has 5 nitrogen and oxygen atoms in total. The van der Waals surface area contributed by atoms with Crippen LogP contribution in [0.2, 0.25) is 5.02 Å². The van der Waals surface area contributed by atoms with Crippen molar-refractivity contribution in [3.05, 3.63) is 71.3 Å². The Morgan fingerprint density at radius 2 is 1.88 bits per heavy atom. The standard InChI is InChI=1S/C16H13ClF2N2O3S/c1-2-7-20-25(23,24)15-8-10(3-5-12(15)17)16(22)21-11-4-6-13(18)14(19)9-11/h2-6,8-9,20H,1,7H2,(H,21,22). The molecule has 0 unspecified atom stereocenters. The maximum absolute atomic E-state index is 13.2. The maximum atomic E-state index is 13.2. The third-order valence-electron chi connectivity index (χ3n) is 3.08. The number of hydrogen-bond donors (Lipinski definition) is 2. The van der Waals surface area contributed by atoms with Gasteiger partial charge in [0, 0.05) is 23.9 Å². The zero-order chi connectivity index (χ0) is 18.6. The van der Waals surface area contributed by atoms with Crippen molar-refractivity contribution in [1.82, 2.24) is 4.72 Å². The van der Waals surface area contributed by atoms with E-state index in [0.717, 1.165) is 18.2 Å². The third kappa shape index (κ3) is 4.62. The molecule has 2 aromatic rings. The van der Waals surface area contributed by atoms with Crippen molar-refractivity contribution in [2.75, 3.05) is 11.9 Å². The molecule has 0 radical (unpaired) electrons. The van der Waals surface area contributed by atoms with Crippen molar-refractivity contribution < 1.29 is 22.0 Å². The number of carbonyl (C=O) groups is 1. The van der Waals surface area contributed by atoms with Crippen molar-refractivity contribution in [3.8, 4) is 0 Å². The van der Waals surface area contributed by atoms with Crippen LogP contribution in [0.5, 0.6) is 0 Å². The number of rotatable bonds is 6. The predicted octanol–water partition coefficient (Wildman–Crippen LogP) is 3.33. The Bertz CT molecular complexity index is 933. The Labute approximate surface area is 148 Å². The van der Waals surface area contributed by atoms with Crippen LogP contribution in [0.15, 0.2) is 53.9 Å². The van der Waals surface area contributed by atoms with Gasteiger partial charge in [-0.1, -0.05) is 17.7 Å². The van der Waals surface area contributed by atoms with Crippen LogP contribution in [0, 0.1) is 11.6 Å². The molecule has 0 aliphatic rings. The van der Waals surface area contributed by atoms with Gasteiger partial charge in [0.15, 0.2) is 11.6 Å². The molecule has 2 rings (SSSR count). The van der Waals surface area contributed by atoms with E-state index in [0.29, 0.717) is 0 Å². The van der Waals surface area contributed by atoms with Crippen LogP contribution in [0.25, 0.3) is 0 Å². The molecule has 0 aliphatic carbocycles. The second kappa shape index (κ2) is 7.73. The molecule has 25 heavy (non-hydrogen) atoms. The zero-order valence-corrected chi connectivity index (χ0v) is 14.3. The topological polar surface area (TPSA) is 75.3 Å². The van der Waals surface area contributed by atoms with E-state index in [1.54, 1.807) is 0 Å². The van der Waals surface area contributed by atoms with Crippen LogP contribution in [0.4, 0.5) is 14.5 Å². The summed E-state index contributed by atoms with van der Waals surface area (Å²) in [6, 6.07) is 6.50. The molecule has 0 spiro atoms. The van der Waals surface area contributed by atoms with Gasteiger partial charge in [0.25, 0.3) is 5.91 Å². The molecule has 0 saturated carbocycles. The second-order valence-electron chi connectivity index (χ2n) is 4.87. The van der Waals surface area contributed by atoms with Gasteiger partial charge in [-0.3, -0.25) is 4.79 Å². The van der Waals surface area contributed by atoms with Crippen LogP contribution >= 0.6 is 11.6 Å². The predicted molar refractivity (Wildman–Crippen MR) is 91.1 cm³/mol. The van der Waals surface area contributed by atoms with E-state index >= 15 is 0 Å². The Morgan fingerprint density at radius 3 is 2.52 bits per heavy atom. The summed E-state index contributed by atoms with van der Waals surface area (Å²) in [5.41, 5.74) is 0.00107. The largest absolute Gasteiger partial charge is 0.322 e. The molecule has 132 valence electrons. The van der Waals surface area contributed by atoms with E-state index in [1.807, 2.05) is 0 Å². The van der Waals surface area contributed by atoms with E-state index in [1.165, 1.54) is 24.3 Å². The lowest BCUT2D eigenvalue weighted by atomic mass is 10.2. The zero-order valence-electron chi connectivity index (χ0n) is 12.7. The Morgan fingerprint density at radius 1 is 1.16 bits per heavy atom. The quantitative estimate of drug-likeness (QED) is 0.748. The van der Waals surface area contributed by atoms with Crippen LogP contribution in [0.3, 0.4) is 0 Å². The molecule has 0 aromatic heterocycles. The van der Waals surface area contributed by atoms with Crippen LogP contribution in [-0.2, 0) is 10.0 Å². The van der Waals surface area contributed by atoms with Gasteiger partial charge >= 0.3 is 0 Å². The fraction of sp³-hybridized carbons (Fsp3) is 0.0625. The highest BCUT2D eigenvalue weighted by Crippen LogP contribution is 2.23. The van der Waals surface area contributed by atoms with E-state index in [9.17, 15) is 22.0 Å². The number of carbonyl (C=O) groups excluding carboxylic acids is 1. The average Bonchev–Trinajstić information content (AvgIpc) is 2.56. The fourth-order valence-corrected chi connectivity index (χ4v) is 3.40. The van der Waals surface area contributed by atoms with Gasteiger partial charge in [-0.15, -0.1) is 6.58 Å². The number of amides is 1. The molecule has 9 heteroatoms. The molecule has 0 fully saturated rings. The molecule has 0 aliphatic heterocycles. The molecule has 2 N–H and O–H groups in total. The lowest BCUT2D eigenvalue weighted by Gasteiger charge is -2.10. The summed E-state index contributed by atoms with van der Waals surface area (Å²) in [7, 11) is -3.94. The first-order chi connectivity index (χ1) is 11.7. The van der Waals surface area contributed by atoms with Crippen molar-refractivity contribution in [2.24, 2.45) is 0 Å². The molecule has 1 amide bonds. The number of nitrogens with one attached hydrogen (secondary N) is 2. The summed E-state index contributed by atoms with van der Waals surface area (Å²) in [6.07, 6.45) is 1.35. The number of sulfonamides is 1. The van der Waals surface area contributed by atoms with Gasteiger partial charge in [-0.25, -0.2) is 21.9 Å². The summed E-state index contributed by atoms with van der Waals surface area (Å²) in [5, 5.41) is 2.28. The molecular weight excluding hydrogens is 374 g/mol. The number of halogens is 3. The minimum Gasteiger partial charge on any atom is -0.322 e. The van der Waals surface area contributed by atoms with Crippen molar-refractivity contribution >= 4 is 33.2 Å². The molecule has 0 bridgehead atoms. The monoisotopic (exact) mass is 386 g/mol. The van der Waals surface area contributed by atoms with E-state index in [-0.39, 0.29) is 27.7 Å². The van der Waals surface area contributed by atoms with Crippen molar-refractivity contribution in [1.29, 1.82) is 0 Å². The summed E-state index contributed by atoms with van der Waals surface area (Å²) < 4.78 is 52.7.